The molecule has 0 aliphatic heterocycles. The van der Waals surface area contributed by atoms with Crippen molar-refractivity contribution in [3.63, 3.8) is 0 Å². The maximum absolute atomic E-state index is 12.3. The summed E-state index contributed by atoms with van der Waals surface area (Å²) < 4.78 is 28.7. The van der Waals surface area contributed by atoms with Gasteiger partial charge >= 0.3 is 0 Å². The lowest BCUT2D eigenvalue weighted by Crippen LogP contribution is -2.39. The number of hydrogen-bond acceptors (Lipinski definition) is 3. The summed E-state index contributed by atoms with van der Waals surface area (Å²) in [5.41, 5.74) is 0. The van der Waals surface area contributed by atoms with Gasteiger partial charge in [0.15, 0.2) is 0 Å². The van der Waals surface area contributed by atoms with Gasteiger partial charge in [0.25, 0.3) is 0 Å². The Bertz CT molecular complexity index is 569. The predicted molar refractivity (Wildman–Crippen MR) is 80.7 cm³/mol. The first kappa shape index (κ1) is 14.0. The van der Waals surface area contributed by atoms with Gasteiger partial charge in [-0.2, -0.15) is 0 Å². The summed E-state index contributed by atoms with van der Waals surface area (Å²) in [5, 5.41) is 0. The number of sulfonamides is 1. The average molecular weight is 364 g/mol. The fourth-order valence-corrected chi connectivity index (χ4v) is 7.06. The minimum atomic E-state index is -3.35. The zero-order chi connectivity index (χ0) is 13.6. The van der Waals surface area contributed by atoms with Crippen LogP contribution in [-0.2, 0) is 10.0 Å². The highest BCUT2D eigenvalue weighted by molar-refractivity contribution is 9.11. The Labute approximate surface area is 127 Å². The van der Waals surface area contributed by atoms with E-state index in [1.165, 1.54) is 37.0 Å². The fourth-order valence-electron chi connectivity index (χ4n) is 3.74. The third kappa shape index (κ3) is 2.77. The Morgan fingerprint density at radius 2 is 2.16 bits per heavy atom. The lowest BCUT2D eigenvalue weighted by Gasteiger charge is -2.28. The molecule has 3 nitrogen and oxygen atoms in total. The third-order valence-electron chi connectivity index (χ3n) is 4.59. The molecule has 106 valence electrons. The van der Waals surface area contributed by atoms with E-state index in [0.717, 1.165) is 15.6 Å². The van der Waals surface area contributed by atoms with Gasteiger partial charge in [-0.05, 0) is 72.0 Å². The van der Waals surface area contributed by atoms with Crippen molar-refractivity contribution < 1.29 is 8.42 Å². The molecule has 1 aromatic rings. The molecule has 2 fully saturated rings. The van der Waals surface area contributed by atoms with E-state index in [1.807, 2.05) is 6.92 Å². The maximum atomic E-state index is 12.3. The quantitative estimate of drug-likeness (QED) is 0.887. The van der Waals surface area contributed by atoms with Crippen LogP contribution in [0.5, 0.6) is 0 Å². The molecule has 0 aromatic carbocycles. The fraction of sp³-hybridized carbons (Fsp3) is 0.692. The third-order valence-corrected chi connectivity index (χ3v) is 8.26. The molecule has 1 heterocycles. The second-order valence-corrected chi connectivity index (χ2v) is 10.2. The normalized spacial score (nSPS) is 31.8. The van der Waals surface area contributed by atoms with Crippen molar-refractivity contribution >= 4 is 37.3 Å². The molecule has 3 rings (SSSR count). The van der Waals surface area contributed by atoms with Crippen LogP contribution in [0, 0.1) is 17.8 Å². The lowest BCUT2D eigenvalue weighted by atomic mass is 9.84. The summed E-state index contributed by atoms with van der Waals surface area (Å²) in [6.07, 6.45) is 5.13. The van der Waals surface area contributed by atoms with Crippen LogP contribution in [0.25, 0.3) is 0 Å². The van der Waals surface area contributed by atoms with Crippen LogP contribution >= 0.6 is 27.3 Å². The van der Waals surface area contributed by atoms with Gasteiger partial charge in [0.2, 0.25) is 10.0 Å². The van der Waals surface area contributed by atoms with Crippen LogP contribution < -0.4 is 4.72 Å². The summed E-state index contributed by atoms with van der Waals surface area (Å²) in [6.45, 7) is 2.02. The van der Waals surface area contributed by atoms with E-state index in [1.54, 1.807) is 12.1 Å². The molecule has 0 unspecified atom stereocenters. The first-order valence-electron chi connectivity index (χ1n) is 6.73. The van der Waals surface area contributed by atoms with E-state index in [2.05, 4.69) is 20.7 Å². The highest BCUT2D eigenvalue weighted by Gasteiger charge is 2.42. The van der Waals surface area contributed by atoms with Gasteiger partial charge in [0.05, 0.1) is 3.79 Å². The molecule has 1 aromatic heterocycles. The van der Waals surface area contributed by atoms with Gasteiger partial charge in [0, 0.05) is 6.04 Å². The monoisotopic (exact) mass is 363 g/mol. The molecule has 0 radical (unpaired) electrons. The Morgan fingerprint density at radius 1 is 1.37 bits per heavy atom. The Hall–Kier alpha value is 0.0900. The molecule has 19 heavy (non-hydrogen) atoms. The van der Waals surface area contributed by atoms with Gasteiger partial charge in [0.1, 0.15) is 4.21 Å². The van der Waals surface area contributed by atoms with Crippen LogP contribution in [0.15, 0.2) is 20.1 Å². The number of nitrogens with one attached hydrogen (secondary N) is 1. The van der Waals surface area contributed by atoms with Crippen LogP contribution in [0.3, 0.4) is 0 Å². The van der Waals surface area contributed by atoms with E-state index in [0.29, 0.717) is 10.1 Å². The van der Waals surface area contributed by atoms with E-state index >= 15 is 0 Å². The van der Waals surface area contributed by atoms with E-state index in [4.69, 9.17) is 0 Å². The van der Waals surface area contributed by atoms with E-state index < -0.39 is 10.0 Å². The lowest BCUT2D eigenvalue weighted by molar-refractivity contribution is 0.280. The van der Waals surface area contributed by atoms with Gasteiger partial charge in [-0.15, -0.1) is 11.3 Å². The summed E-state index contributed by atoms with van der Waals surface area (Å²) >= 11 is 4.57. The number of halogens is 1. The van der Waals surface area contributed by atoms with Crippen LogP contribution in [0.4, 0.5) is 0 Å². The second-order valence-electron chi connectivity index (χ2n) is 5.81. The molecule has 0 saturated heterocycles. The van der Waals surface area contributed by atoms with Crippen LogP contribution in [-0.4, -0.2) is 14.5 Å². The molecule has 1 N–H and O–H groups in total. The molecule has 4 atom stereocenters. The van der Waals surface area contributed by atoms with E-state index in [9.17, 15) is 8.42 Å². The zero-order valence-electron chi connectivity index (χ0n) is 10.8. The summed E-state index contributed by atoms with van der Waals surface area (Å²) in [5.74, 6) is 2.10. The summed E-state index contributed by atoms with van der Waals surface area (Å²) in [7, 11) is -3.35. The van der Waals surface area contributed by atoms with Crippen LogP contribution in [0.2, 0.25) is 0 Å². The minimum absolute atomic E-state index is 0.0428. The van der Waals surface area contributed by atoms with Crippen molar-refractivity contribution in [3.8, 4) is 0 Å². The highest BCUT2D eigenvalue weighted by atomic mass is 79.9. The van der Waals surface area contributed by atoms with Gasteiger partial charge < -0.3 is 0 Å². The topological polar surface area (TPSA) is 46.2 Å². The van der Waals surface area contributed by atoms with Gasteiger partial charge in [-0.3, -0.25) is 0 Å². The van der Waals surface area contributed by atoms with Crippen molar-refractivity contribution in [1.82, 2.24) is 4.72 Å². The van der Waals surface area contributed by atoms with Crippen molar-refractivity contribution in [2.75, 3.05) is 0 Å². The van der Waals surface area contributed by atoms with Gasteiger partial charge in [-0.25, -0.2) is 13.1 Å². The predicted octanol–water partition coefficient (Wildman–Crippen LogP) is 3.61. The van der Waals surface area contributed by atoms with Crippen LogP contribution in [0.1, 0.15) is 32.6 Å². The Morgan fingerprint density at radius 3 is 2.68 bits per heavy atom. The second kappa shape index (κ2) is 5.13. The Balaban J connectivity index is 1.71. The molecule has 2 aliphatic rings. The Kier molecular flexibility index (Phi) is 3.79. The first-order valence-corrected chi connectivity index (χ1v) is 9.82. The number of thiophene rings is 1. The standard InChI is InChI=1S/C13H18BrNO2S2/c1-8(11-7-9-2-3-10(11)6-9)15-19(16,17)13-5-4-12(14)18-13/h4-5,8-11,15H,2-3,6-7H2,1H3/t8-,9+,10+,11+/m1/s1. The van der Waals surface area contributed by atoms with Crippen molar-refractivity contribution in [2.24, 2.45) is 17.8 Å². The average Bonchev–Trinajstić information content (AvgIpc) is 3.02. The van der Waals surface area contributed by atoms with E-state index in [-0.39, 0.29) is 6.04 Å². The molecule has 6 heteroatoms. The summed E-state index contributed by atoms with van der Waals surface area (Å²) in [4.78, 5) is 0. The molecular formula is C13H18BrNO2S2. The minimum Gasteiger partial charge on any atom is -0.207 e. The molecule has 2 saturated carbocycles. The van der Waals surface area contributed by atoms with Gasteiger partial charge in [-0.1, -0.05) is 6.42 Å². The molecule has 2 bridgehead atoms. The number of fused-ring (bicyclic) bond motifs is 2. The number of hydrogen-bond donors (Lipinski definition) is 1. The molecule has 2 aliphatic carbocycles. The van der Waals surface area contributed by atoms with Crippen molar-refractivity contribution in [2.45, 2.75) is 42.9 Å². The number of rotatable bonds is 4. The first-order chi connectivity index (χ1) is 8.95. The zero-order valence-corrected chi connectivity index (χ0v) is 14.0. The molecule has 0 spiro atoms. The maximum Gasteiger partial charge on any atom is 0.250 e. The molecular weight excluding hydrogens is 346 g/mol. The van der Waals surface area contributed by atoms with Crippen molar-refractivity contribution in [1.29, 1.82) is 0 Å². The molecule has 0 amide bonds. The SMILES string of the molecule is C[C@@H](NS(=O)(=O)c1ccc(Br)s1)[C@@H]1C[C@H]2CC[C@H]1C2. The largest absolute Gasteiger partial charge is 0.250 e. The van der Waals surface area contributed by atoms with Crippen molar-refractivity contribution in [3.05, 3.63) is 15.9 Å². The summed E-state index contributed by atoms with van der Waals surface area (Å²) in [6, 6.07) is 3.48. The smallest absolute Gasteiger partial charge is 0.207 e. The highest BCUT2D eigenvalue weighted by Crippen LogP contribution is 2.49.